The van der Waals surface area contributed by atoms with Crippen LogP contribution in [0.15, 0.2) is 18.2 Å². The van der Waals surface area contributed by atoms with E-state index >= 15 is 0 Å². The van der Waals surface area contributed by atoms with Gasteiger partial charge in [0, 0.05) is 18.2 Å². The Balaban J connectivity index is 1.67. The second-order valence-electron chi connectivity index (χ2n) is 5.84. The van der Waals surface area contributed by atoms with E-state index in [-0.39, 0.29) is 11.9 Å². The largest absolute Gasteiger partial charge is 0.490 e. The lowest BCUT2D eigenvalue weighted by Crippen LogP contribution is -2.45. The van der Waals surface area contributed by atoms with Gasteiger partial charge in [-0.2, -0.15) is 0 Å². The maximum Gasteiger partial charge on any atom is 0.241 e. The molecule has 1 saturated heterocycles. The molecule has 2 atom stereocenters. The van der Waals surface area contributed by atoms with E-state index < -0.39 is 0 Å². The summed E-state index contributed by atoms with van der Waals surface area (Å²) in [7, 11) is 0. The highest BCUT2D eigenvalue weighted by molar-refractivity contribution is 5.95. The first kappa shape index (κ1) is 14.2. The van der Waals surface area contributed by atoms with Crippen LogP contribution in [0.1, 0.15) is 26.2 Å². The molecule has 2 unspecified atom stereocenters. The Kier molecular flexibility index (Phi) is 4.29. The third-order valence-electron chi connectivity index (χ3n) is 4.00. The van der Waals surface area contributed by atoms with E-state index in [4.69, 9.17) is 9.47 Å². The first-order valence-electron chi connectivity index (χ1n) is 7.66. The van der Waals surface area contributed by atoms with Crippen molar-refractivity contribution in [2.24, 2.45) is 5.92 Å². The van der Waals surface area contributed by atoms with Crippen LogP contribution in [0.4, 0.5) is 5.69 Å². The molecule has 2 aliphatic rings. The second kappa shape index (κ2) is 6.35. The van der Waals surface area contributed by atoms with Gasteiger partial charge in [0.15, 0.2) is 11.5 Å². The average molecular weight is 290 g/mol. The fourth-order valence-corrected chi connectivity index (χ4v) is 2.78. The Morgan fingerprint density at radius 3 is 2.90 bits per heavy atom. The van der Waals surface area contributed by atoms with Crippen molar-refractivity contribution in [3.05, 3.63) is 18.2 Å². The number of hydrogen-bond acceptors (Lipinski definition) is 4. The molecule has 1 amide bonds. The third kappa shape index (κ3) is 3.47. The van der Waals surface area contributed by atoms with E-state index in [1.54, 1.807) is 0 Å². The zero-order valence-electron chi connectivity index (χ0n) is 12.4. The number of fused-ring (bicyclic) bond motifs is 1. The zero-order chi connectivity index (χ0) is 14.7. The number of carbonyl (C=O) groups is 1. The number of amides is 1. The quantitative estimate of drug-likeness (QED) is 0.876. The summed E-state index contributed by atoms with van der Waals surface area (Å²) < 4.78 is 11.2. The van der Waals surface area contributed by atoms with E-state index in [2.05, 4.69) is 17.6 Å². The molecule has 1 aromatic rings. The van der Waals surface area contributed by atoms with Crippen LogP contribution in [0.3, 0.4) is 0 Å². The highest BCUT2D eigenvalue weighted by atomic mass is 16.5. The van der Waals surface area contributed by atoms with Crippen LogP contribution in [0.25, 0.3) is 0 Å². The van der Waals surface area contributed by atoms with Crippen LogP contribution in [0.2, 0.25) is 0 Å². The highest BCUT2D eigenvalue weighted by Gasteiger charge is 2.24. The normalized spacial score (nSPS) is 25.0. The summed E-state index contributed by atoms with van der Waals surface area (Å²) in [6.45, 7) is 4.41. The number of carbonyl (C=O) groups excluding carboxylic acids is 1. The summed E-state index contributed by atoms with van der Waals surface area (Å²) in [6.07, 6.45) is 2.89. The van der Waals surface area contributed by atoms with Crippen molar-refractivity contribution in [3.8, 4) is 11.5 Å². The summed E-state index contributed by atoms with van der Waals surface area (Å²) in [5.74, 6) is 2.06. The lowest BCUT2D eigenvalue weighted by molar-refractivity contribution is -0.119. The maximum atomic E-state index is 12.3. The first-order valence-corrected chi connectivity index (χ1v) is 7.66. The zero-order valence-corrected chi connectivity index (χ0v) is 12.4. The predicted molar refractivity (Wildman–Crippen MR) is 80.9 cm³/mol. The summed E-state index contributed by atoms with van der Waals surface area (Å²) in [6, 6.07) is 5.44. The molecule has 3 rings (SSSR count). The minimum Gasteiger partial charge on any atom is -0.490 e. The monoisotopic (exact) mass is 290 g/mol. The summed E-state index contributed by atoms with van der Waals surface area (Å²) in [5.41, 5.74) is 0.754. The van der Waals surface area contributed by atoms with Crippen LogP contribution in [-0.2, 0) is 4.79 Å². The molecule has 5 nitrogen and oxygen atoms in total. The summed E-state index contributed by atoms with van der Waals surface area (Å²) in [4.78, 5) is 12.3. The van der Waals surface area contributed by atoms with Crippen LogP contribution in [0.5, 0.6) is 11.5 Å². The standard InChI is InChI=1S/C16H22N2O3/c1-11-5-6-17-13(9-11)16(19)18-12-3-4-14-15(10-12)21-8-2-7-20-14/h3-4,10-11,13,17H,2,5-9H2,1H3,(H,18,19). The molecule has 0 saturated carbocycles. The number of rotatable bonds is 2. The second-order valence-corrected chi connectivity index (χ2v) is 5.84. The molecule has 5 heteroatoms. The maximum absolute atomic E-state index is 12.3. The molecule has 1 aromatic carbocycles. The molecule has 0 aromatic heterocycles. The van der Waals surface area contributed by atoms with Gasteiger partial charge in [-0.3, -0.25) is 4.79 Å². The van der Waals surface area contributed by atoms with Crippen molar-refractivity contribution in [1.29, 1.82) is 0 Å². The number of benzene rings is 1. The van der Waals surface area contributed by atoms with Crippen LogP contribution < -0.4 is 20.1 Å². The fraction of sp³-hybridized carbons (Fsp3) is 0.562. The molecule has 21 heavy (non-hydrogen) atoms. The molecular weight excluding hydrogens is 268 g/mol. The number of anilines is 1. The van der Waals surface area contributed by atoms with Crippen molar-refractivity contribution in [2.45, 2.75) is 32.2 Å². The van der Waals surface area contributed by atoms with E-state index in [0.29, 0.717) is 24.9 Å². The average Bonchev–Trinajstić information content (AvgIpc) is 2.72. The Hall–Kier alpha value is -1.75. The molecule has 0 spiro atoms. The number of piperidine rings is 1. The SMILES string of the molecule is CC1CCNC(C(=O)Nc2ccc3c(c2)OCCCO3)C1. The van der Waals surface area contributed by atoms with Crippen LogP contribution in [0, 0.1) is 5.92 Å². The van der Waals surface area contributed by atoms with Gasteiger partial charge in [0.05, 0.1) is 19.3 Å². The lowest BCUT2D eigenvalue weighted by atomic mass is 9.94. The van der Waals surface area contributed by atoms with E-state index in [1.165, 1.54) is 0 Å². The number of hydrogen-bond donors (Lipinski definition) is 2. The van der Waals surface area contributed by atoms with Gasteiger partial charge in [-0.1, -0.05) is 6.92 Å². The van der Waals surface area contributed by atoms with Gasteiger partial charge >= 0.3 is 0 Å². The van der Waals surface area contributed by atoms with Crippen molar-refractivity contribution in [3.63, 3.8) is 0 Å². The molecule has 0 aliphatic carbocycles. The number of ether oxygens (including phenoxy) is 2. The third-order valence-corrected chi connectivity index (χ3v) is 4.00. The Morgan fingerprint density at radius 1 is 1.29 bits per heavy atom. The summed E-state index contributed by atoms with van der Waals surface area (Å²) >= 11 is 0. The minimum absolute atomic E-state index is 0.0241. The van der Waals surface area contributed by atoms with Gasteiger partial charge in [-0.25, -0.2) is 0 Å². The van der Waals surface area contributed by atoms with Crippen molar-refractivity contribution < 1.29 is 14.3 Å². The fourth-order valence-electron chi connectivity index (χ4n) is 2.78. The first-order chi connectivity index (χ1) is 10.2. The molecule has 0 bridgehead atoms. The summed E-state index contributed by atoms with van der Waals surface area (Å²) in [5, 5.41) is 6.24. The van der Waals surface area contributed by atoms with Gasteiger partial charge in [0.1, 0.15) is 0 Å². The van der Waals surface area contributed by atoms with E-state index in [9.17, 15) is 4.79 Å². The number of nitrogens with one attached hydrogen (secondary N) is 2. The Labute approximate surface area is 125 Å². The van der Waals surface area contributed by atoms with Gasteiger partial charge in [-0.05, 0) is 37.4 Å². The smallest absolute Gasteiger partial charge is 0.241 e. The van der Waals surface area contributed by atoms with Crippen molar-refractivity contribution >= 4 is 11.6 Å². The molecule has 0 radical (unpaired) electrons. The van der Waals surface area contributed by atoms with Gasteiger partial charge in [0.2, 0.25) is 5.91 Å². The van der Waals surface area contributed by atoms with Gasteiger partial charge in [-0.15, -0.1) is 0 Å². The molecular formula is C16H22N2O3. The van der Waals surface area contributed by atoms with Crippen LogP contribution in [-0.4, -0.2) is 31.7 Å². The molecule has 2 heterocycles. The van der Waals surface area contributed by atoms with E-state index in [0.717, 1.165) is 37.2 Å². The minimum atomic E-state index is -0.107. The van der Waals surface area contributed by atoms with Gasteiger partial charge in [0.25, 0.3) is 0 Å². The predicted octanol–water partition coefficient (Wildman–Crippen LogP) is 2.17. The lowest BCUT2D eigenvalue weighted by Gasteiger charge is -2.27. The topological polar surface area (TPSA) is 59.6 Å². The van der Waals surface area contributed by atoms with Gasteiger partial charge < -0.3 is 20.1 Å². The Morgan fingerprint density at radius 2 is 2.10 bits per heavy atom. The molecule has 2 N–H and O–H groups in total. The molecule has 1 fully saturated rings. The molecule has 2 aliphatic heterocycles. The molecule has 114 valence electrons. The highest BCUT2D eigenvalue weighted by Crippen LogP contribution is 2.32. The van der Waals surface area contributed by atoms with Crippen molar-refractivity contribution in [2.75, 3.05) is 25.1 Å². The Bertz CT molecular complexity index is 518. The van der Waals surface area contributed by atoms with Crippen molar-refractivity contribution in [1.82, 2.24) is 5.32 Å². The van der Waals surface area contributed by atoms with Crippen LogP contribution >= 0.6 is 0 Å². The van der Waals surface area contributed by atoms with E-state index in [1.807, 2.05) is 18.2 Å².